The van der Waals surface area contributed by atoms with Gasteiger partial charge in [-0.3, -0.25) is 4.68 Å². The highest BCUT2D eigenvalue weighted by molar-refractivity contribution is 5.49. The molecule has 0 atom stereocenters. The van der Waals surface area contributed by atoms with Gasteiger partial charge in [0.1, 0.15) is 5.82 Å². The van der Waals surface area contributed by atoms with E-state index in [-0.39, 0.29) is 0 Å². The molecule has 2 rings (SSSR count). The van der Waals surface area contributed by atoms with Crippen LogP contribution in [0.5, 0.6) is 0 Å². The average Bonchev–Trinajstić information content (AvgIpc) is 2.66. The summed E-state index contributed by atoms with van der Waals surface area (Å²) in [7, 11) is 1.90. The SMILES string of the molecule is Cc1nc(NCc2ccn(C)n2)ccc1N. The molecular formula is C11H15N5. The van der Waals surface area contributed by atoms with Crippen LogP contribution >= 0.6 is 0 Å². The second kappa shape index (κ2) is 4.22. The van der Waals surface area contributed by atoms with Crippen molar-refractivity contribution in [3.8, 4) is 0 Å². The third-order valence-corrected chi connectivity index (χ3v) is 2.35. The van der Waals surface area contributed by atoms with Crippen LogP contribution in [0.15, 0.2) is 24.4 Å². The van der Waals surface area contributed by atoms with Gasteiger partial charge in [0, 0.05) is 13.2 Å². The number of nitrogens with zero attached hydrogens (tertiary/aromatic N) is 3. The molecule has 2 aromatic rings. The van der Waals surface area contributed by atoms with Crippen LogP contribution in [-0.2, 0) is 13.6 Å². The number of hydrogen-bond acceptors (Lipinski definition) is 4. The average molecular weight is 217 g/mol. The Morgan fingerprint density at radius 2 is 2.19 bits per heavy atom. The van der Waals surface area contributed by atoms with Crippen molar-refractivity contribution in [3.63, 3.8) is 0 Å². The number of nitrogens with two attached hydrogens (primary N) is 1. The van der Waals surface area contributed by atoms with Gasteiger partial charge in [0.25, 0.3) is 0 Å². The number of pyridine rings is 1. The van der Waals surface area contributed by atoms with Crippen molar-refractivity contribution in [2.24, 2.45) is 7.05 Å². The fourth-order valence-electron chi connectivity index (χ4n) is 1.41. The summed E-state index contributed by atoms with van der Waals surface area (Å²) in [5, 5.41) is 7.47. The predicted octanol–water partition coefficient (Wildman–Crippen LogP) is 1.32. The van der Waals surface area contributed by atoms with Crippen molar-refractivity contribution in [1.82, 2.24) is 14.8 Å². The quantitative estimate of drug-likeness (QED) is 0.813. The third kappa shape index (κ3) is 2.31. The lowest BCUT2D eigenvalue weighted by Crippen LogP contribution is -2.04. The molecule has 0 unspecified atom stereocenters. The first-order valence-corrected chi connectivity index (χ1v) is 5.10. The van der Waals surface area contributed by atoms with E-state index in [1.807, 2.05) is 38.4 Å². The molecule has 0 aliphatic rings. The summed E-state index contributed by atoms with van der Waals surface area (Å²) in [5.41, 5.74) is 8.23. The Hall–Kier alpha value is -2.04. The number of nitrogens with one attached hydrogen (secondary N) is 1. The van der Waals surface area contributed by atoms with Gasteiger partial charge in [-0.15, -0.1) is 0 Å². The Bertz CT molecular complexity index is 489. The van der Waals surface area contributed by atoms with Gasteiger partial charge in [0.2, 0.25) is 0 Å². The zero-order chi connectivity index (χ0) is 11.5. The van der Waals surface area contributed by atoms with Crippen LogP contribution in [0.2, 0.25) is 0 Å². The largest absolute Gasteiger partial charge is 0.397 e. The maximum absolute atomic E-state index is 5.69. The van der Waals surface area contributed by atoms with E-state index in [1.54, 1.807) is 4.68 Å². The molecule has 0 fully saturated rings. The smallest absolute Gasteiger partial charge is 0.126 e. The van der Waals surface area contributed by atoms with Gasteiger partial charge >= 0.3 is 0 Å². The van der Waals surface area contributed by atoms with Crippen molar-refractivity contribution in [3.05, 3.63) is 35.8 Å². The van der Waals surface area contributed by atoms with Gasteiger partial charge in [-0.25, -0.2) is 4.98 Å². The number of anilines is 2. The van der Waals surface area contributed by atoms with Gasteiger partial charge < -0.3 is 11.1 Å². The second-order valence-corrected chi connectivity index (χ2v) is 3.71. The van der Waals surface area contributed by atoms with Crippen LogP contribution in [0, 0.1) is 6.92 Å². The Morgan fingerprint density at radius 3 is 2.81 bits per heavy atom. The van der Waals surface area contributed by atoms with Crippen molar-refractivity contribution in [1.29, 1.82) is 0 Å². The Morgan fingerprint density at radius 1 is 1.38 bits per heavy atom. The van der Waals surface area contributed by atoms with E-state index >= 15 is 0 Å². The van der Waals surface area contributed by atoms with E-state index in [2.05, 4.69) is 15.4 Å². The van der Waals surface area contributed by atoms with Crippen LogP contribution in [0.25, 0.3) is 0 Å². The van der Waals surface area contributed by atoms with Gasteiger partial charge in [-0.1, -0.05) is 0 Å². The van der Waals surface area contributed by atoms with Gasteiger partial charge in [0.15, 0.2) is 0 Å². The zero-order valence-corrected chi connectivity index (χ0v) is 9.44. The lowest BCUT2D eigenvalue weighted by Gasteiger charge is -2.05. The summed E-state index contributed by atoms with van der Waals surface area (Å²) >= 11 is 0. The summed E-state index contributed by atoms with van der Waals surface area (Å²) in [6.45, 7) is 2.55. The maximum Gasteiger partial charge on any atom is 0.126 e. The molecule has 5 heteroatoms. The van der Waals surface area contributed by atoms with Crippen molar-refractivity contribution < 1.29 is 0 Å². The minimum Gasteiger partial charge on any atom is -0.397 e. The topological polar surface area (TPSA) is 68.8 Å². The summed E-state index contributed by atoms with van der Waals surface area (Å²) in [6, 6.07) is 5.69. The number of aryl methyl sites for hydroxylation is 2. The molecule has 3 N–H and O–H groups in total. The minimum atomic E-state index is 0.664. The fourth-order valence-corrected chi connectivity index (χ4v) is 1.41. The molecule has 16 heavy (non-hydrogen) atoms. The highest BCUT2D eigenvalue weighted by Crippen LogP contribution is 2.12. The monoisotopic (exact) mass is 217 g/mol. The standard InChI is InChI=1S/C11H15N5/c1-8-10(12)3-4-11(14-8)13-7-9-5-6-16(2)15-9/h3-6H,7,12H2,1-2H3,(H,13,14). The number of rotatable bonds is 3. The Balaban J connectivity index is 2.02. The first-order valence-electron chi connectivity index (χ1n) is 5.10. The number of aromatic nitrogens is 3. The number of nitrogen functional groups attached to an aromatic ring is 1. The molecule has 0 amide bonds. The fraction of sp³-hybridized carbons (Fsp3) is 0.273. The lowest BCUT2D eigenvalue weighted by molar-refractivity contribution is 0.747. The molecule has 0 aromatic carbocycles. The summed E-state index contributed by atoms with van der Waals surface area (Å²) in [5.74, 6) is 0.817. The Kier molecular flexibility index (Phi) is 2.76. The van der Waals surface area contributed by atoms with Crippen LogP contribution < -0.4 is 11.1 Å². The van der Waals surface area contributed by atoms with E-state index in [1.165, 1.54) is 0 Å². The molecule has 0 saturated heterocycles. The molecule has 2 aromatic heterocycles. The molecule has 5 nitrogen and oxygen atoms in total. The Labute approximate surface area is 94.3 Å². The molecule has 0 saturated carbocycles. The van der Waals surface area contributed by atoms with Gasteiger partial charge in [-0.2, -0.15) is 5.10 Å². The predicted molar refractivity (Wildman–Crippen MR) is 63.9 cm³/mol. The first kappa shape index (κ1) is 10.5. The molecule has 0 bridgehead atoms. The van der Waals surface area contributed by atoms with Crippen molar-refractivity contribution in [2.45, 2.75) is 13.5 Å². The van der Waals surface area contributed by atoms with Crippen LogP contribution in [-0.4, -0.2) is 14.8 Å². The van der Waals surface area contributed by atoms with Crippen LogP contribution in [0.4, 0.5) is 11.5 Å². The maximum atomic E-state index is 5.69. The third-order valence-electron chi connectivity index (χ3n) is 2.35. The van der Waals surface area contributed by atoms with E-state index in [4.69, 9.17) is 5.73 Å². The van der Waals surface area contributed by atoms with Gasteiger partial charge in [0.05, 0.1) is 23.6 Å². The minimum absolute atomic E-state index is 0.664. The lowest BCUT2D eigenvalue weighted by atomic mass is 10.3. The van der Waals surface area contributed by atoms with E-state index < -0.39 is 0 Å². The zero-order valence-electron chi connectivity index (χ0n) is 9.44. The highest BCUT2D eigenvalue weighted by atomic mass is 15.3. The summed E-state index contributed by atoms with van der Waals surface area (Å²) in [6.07, 6.45) is 1.92. The van der Waals surface area contributed by atoms with E-state index in [0.29, 0.717) is 12.2 Å². The van der Waals surface area contributed by atoms with Crippen LogP contribution in [0.3, 0.4) is 0 Å². The highest BCUT2D eigenvalue weighted by Gasteiger charge is 2.00. The second-order valence-electron chi connectivity index (χ2n) is 3.71. The van der Waals surface area contributed by atoms with Gasteiger partial charge in [-0.05, 0) is 25.1 Å². The molecular weight excluding hydrogens is 202 g/mol. The molecule has 2 heterocycles. The number of hydrogen-bond donors (Lipinski definition) is 2. The van der Waals surface area contributed by atoms with E-state index in [9.17, 15) is 0 Å². The summed E-state index contributed by atoms with van der Waals surface area (Å²) in [4.78, 5) is 4.32. The molecule has 0 aliphatic heterocycles. The molecule has 0 aliphatic carbocycles. The molecule has 0 radical (unpaired) electrons. The first-order chi connectivity index (χ1) is 7.65. The summed E-state index contributed by atoms with van der Waals surface area (Å²) < 4.78 is 1.78. The van der Waals surface area contributed by atoms with E-state index in [0.717, 1.165) is 17.2 Å². The molecule has 0 spiro atoms. The van der Waals surface area contributed by atoms with Crippen molar-refractivity contribution in [2.75, 3.05) is 11.1 Å². The normalized spacial score (nSPS) is 10.4. The molecule has 84 valence electrons. The van der Waals surface area contributed by atoms with Crippen LogP contribution in [0.1, 0.15) is 11.4 Å². The van der Waals surface area contributed by atoms with Crippen molar-refractivity contribution >= 4 is 11.5 Å².